The molecule has 4 aliphatic rings. The van der Waals surface area contributed by atoms with E-state index in [0.717, 1.165) is 185 Å². The minimum atomic E-state index is -0.0929. The zero-order chi connectivity index (χ0) is 56.1. The predicted octanol–water partition coefficient (Wildman–Crippen LogP) is 19.9. The van der Waals surface area contributed by atoms with Gasteiger partial charge in [-0.05, 0) is 146 Å². The Bertz CT molecular complexity index is 2960. The molecule has 4 atom stereocenters. The molecule has 8 nitrogen and oxygen atoms in total. The van der Waals surface area contributed by atoms with E-state index in [1.165, 1.54) is 12.8 Å². The van der Waals surface area contributed by atoms with E-state index >= 15 is 19.2 Å². The van der Waals surface area contributed by atoms with E-state index in [4.69, 9.17) is 0 Å². The van der Waals surface area contributed by atoms with Crippen molar-refractivity contribution in [2.75, 3.05) is 0 Å². The van der Waals surface area contributed by atoms with Crippen molar-refractivity contribution in [1.82, 2.24) is 19.6 Å². The number of halogens is 2. The van der Waals surface area contributed by atoms with Crippen LogP contribution in [0.25, 0.3) is 42.3 Å². The summed E-state index contributed by atoms with van der Waals surface area (Å²) in [5.41, 5.74) is 5.18. The molecule has 4 unspecified atom stereocenters. The highest BCUT2D eigenvalue weighted by Crippen LogP contribution is 2.54. The molecule has 0 saturated heterocycles. The van der Waals surface area contributed by atoms with Gasteiger partial charge in [-0.1, -0.05) is 130 Å². The summed E-state index contributed by atoms with van der Waals surface area (Å²) in [5.74, 6) is -0.295. The van der Waals surface area contributed by atoms with Gasteiger partial charge in [0.05, 0.1) is 72.2 Å². The Kier molecular flexibility index (Phi) is 20.6. The van der Waals surface area contributed by atoms with E-state index in [0.29, 0.717) is 22.3 Å². The van der Waals surface area contributed by atoms with Gasteiger partial charge < -0.3 is 19.6 Å². The van der Waals surface area contributed by atoms with Crippen LogP contribution in [0, 0.1) is 0 Å². The summed E-state index contributed by atoms with van der Waals surface area (Å²) in [7, 11) is 0. The number of hydrogen-bond donors (Lipinski definition) is 0. The van der Waals surface area contributed by atoms with Crippen LogP contribution in [0.2, 0.25) is 0 Å². The Morgan fingerprint density at radius 1 is 0.316 bits per heavy atom. The van der Waals surface area contributed by atoms with Gasteiger partial charge in [0.25, 0.3) is 23.6 Å². The average Bonchev–Trinajstić information content (AvgIpc) is 3.20. The second-order valence-electron chi connectivity index (χ2n) is 22.1. The quantitative estimate of drug-likeness (QED) is 0.0429. The topological polar surface area (TPSA) is 81.2 Å². The Morgan fingerprint density at radius 2 is 0.532 bits per heavy atom. The summed E-state index contributed by atoms with van der Waals surface area (Å²) in [6.45, 7) is 17.5. The van der Waals surface area contributed by atoms with Crippen LogP contribution >= 0.6 is 88.5 Å². The molecule has 0 aromatic carbocycles. The van der Waals surface area contributed by atoms with Crippen molar-refractivity contribution in [3.63, 3.8) is 0 Å². The number of hydrogen-bond acceptors (Lipinski definition) is 9. The molecular formula is C64H78Br2N4O4S5. The third-order valence-electron chi connectivity index (χ3n) is 16.2. The molecule has 9 rings (SSSR count). The number of unbranched alkanes of at least 4 members (excludes halogenated alkanes) is 12. The van der Waals surface area contributed by atoms with Crippen LogP contribution in [0.5, 0.6) is 0 Å². The van der Waals surface area contributed by atoms with Gasteiger partial charge in [-0.15, -0.1) is 56.7 Å². The summed E-state index contributed by atoms with van der Waals surface area (Å²) in [5, 5.41) is 0. The molecule has 0 spiro atoms. The summed E-state index contributed by atoms with van der Waals surface area (Å²) in [6, 6.07) is 20.7. The van der Waals surface area contributed by atoms with E-state index in [2.05, 4.69) is 124 Å². The zero-order valence-electron chi connectivity index (χ0n) is 47.4. The van der Waals surface area contributed by atoms with Crippen molar-refractivity contribution in [3.8, 4) is 19.5 Å². The molecule has 0 radical (unpaired) electrons. The lowest BCUT2D eigenvalue weighted by Gasteiger charge is -2.31. The number of carbonyl (C=O) groups is 4. The maximum absolute atomic E-state index is 15.2. The molecule has 4 amide bonds. The average molecular weight is 1290 g/mol. The first-order valence-electron chi connectivity index (χ1n) is 29.4. The monoisotopic (exact) mass is 1280 g/mol. The maximum atomic E-state index is 15.2. The fraction of sp³-hybridized carbons (Fsp3) is 0.500. The van der Waals surface area contributed by atoms with Gasteiger partial charge in [-0.3, -0.25) is 19.2 Å². The van der Waals surface area contributed by atoms with Crippen molar-refractivity contribution >= 4 is 135 Å². The Hall–Kier alpha value is -3.70. The minimum Gasteiger partial charge on any atom is -0.303 e. The number of fused-ring (bicyclic) bond motifs is 2. The van der Waals surface area contributed by atoms with Crippen LogP contribution in [0.15, 0.2) is 90.5 Å². The lowest BCUT2D eigenvalue weighted by Crippen LogP contribution is -2.37. The van der Waals surface area contributed by atoms with Gasteiger partial charge in [-0.25, -0.2) is 0 Å². The van der Waals surface area contributed by atoms with Crippen LogP contribution in [0.4, 0.5) is 0 Å². The molecule has 0 N–H and O–H groups in total. The van der Waals surface area contributed by atoms with E-state index < -0.39 is 0 Å². The van der Waals surface area contributed by atoms with Crippen LogP contribution < -0.4 is 0 Å². The molecule has 0 bridgehead atoms. The SMILES string of the molecule is CCCCCCC(C)N1C(=O)C2=C(c3ccc(-c4ccc(-c5ccc(C6=C7C(=O)N(C(C)CCCCCC)C(c8ccc(Br)s8)=C7C(=O)N6C(C)CCCCCC)s5)s4)s3)N(C(C)CCCCCC)C(=O)C2=C1c1ccc(Br)s1. The van der Waals surface area contributed by atoms with E-state index in [1.54, 1.807) is 56.7 Å². The van der Waals surface area contributed by atoms with Gasteiger partial charge in [-0.2, -0.15) is 0 Å². The Morgan fingerprint density at radius 3 is 0.759 bits per heavy atom. The molecule has 5 aromatic heterocycles. The van der Waals surface area contributed by atoms with Crippen molar-refractivity contribution in [1.29, 1.82) is 0 Å². The number of amides is 4. The van der Waals surface area contributed by atoms with Crippen molar-refractivity contribution in [2.45, 2.75) is 208 Å². The molecule has 79 heavy (non-hydrogen) atoms. The first-order valence-corrected chi connectivity index (χ1v) is 35.1. The molecule has 0 aliphatic carbocycles. The van der Waals surface area contributed by atoms with Crippen molar-refractivity contribution in [2.24, 2.45) is 0 Å². The van der Waals surface area contributed by atoms with Gasteiger partial charge in [0.15, 0.2) is 0 Å². The Labute approximate surface area is 507 Å². The number of nitrogens with zero attached hydrogens (tertiary/aromatic N) is 4. The van der Waals surface area contributed by atoms with E-state index in [9.17, 15) is 0 Å². The van der Waals surface area contributed by atoms with Gasteiger partial charge in [0, 0.05) is 43.7 Å². The standard InChI is InChI=1S/C64H78Br2N4O4S5/c1-9-13-17-21-25-39(5)67-57(53-55(63(67)73)59(49-35-37-51(65)78-49)69(61(53)71)41(7)27-23-19-15-11-3)47-33-31-45(76-47)43-29-30-44(75-43)46-32-34-48(77-46)58-54-56(64(74)68(58)40(6)26-22-18-14-10-2)60(50-36-38-52(66)79-50)70(62(54)72)42(8)28-24-20-16-12-4/h29-42H,9-28H2,1-8H3. The molecule has 15 heteroatoms. The fourth-order valence-electron chi connectivity index (χ4n) is 12.0. The minimum absolute atomic E-state index is 0.0683. The first-order chi connectivity index (χ1) is 38.2. The molecule has 4 aliphatic heterocycles. The molecule has 5 aromatic rings. The zero-order valence-corrected chi connectivity index (χ0v) is 54.7. The molecular weight excluding hydrogens is 1210 g/mol. The lowest BCUT2D eigenvalue weighted by atomic mass is 10.1. The fourth-order valence-corrected chi connectivity index (χ4v) is 18.2. The van der Waals surface area contributed by atoms with Gasteiger partial charge >= 0.3 is 0 Å². The summed E-state index contributed by atoms with van der Waals surface area (Å²) >= 11 is 15.6. The molecule has 0 saturated carbocycles. The normalized spacial score (nSPS) is 17.3. The van der Waals surface area contributed by atoms with E-state index in [-0.39, 0.29) is 47.8 Å². The highest BCUT2D eigenvalue weighted by atomic mass is 79.9. The second kappa shape index (κ2) is 27.1. The maximum Gasteiger partial charge on any atom is 0.261 e. The molecule has 422 valence electrons. The summed E-state index contributed by atoms with van der Waals surface area (Å²) in [6.07, 6.45) is 21.2. The smallest absolute Gasteiger partial charge is 0.261 e. The van der Waals surface area contributed by atoms with Crippen LogP contribution in [-0.2, 0) is 19.2 Å². The number of thiophene rings is 5. The van der Waals surface area contributed by atoms with Gasteiger partial charge in [0.1, 0.15) is 0 Å². The second-order valence-corrected chi connectivity index (χ2v) is 30.3. The molecule has 9 heterocycles. The highest BCUT2D eigenvalue weighted by Gasteiger charge is 2.53. The molecule has 0 fully saturated rings. The largest absolute Gasteiger partial charge is 0.303 e. The lowest BCUT2D eigenvalue weighted by molar-refractivity contribution is -0.125. The van der Waals surface area contributed by atoms with Crippen LogP contribution in [0.1, 0.15) is 203 Å². The van der Waals surface area contributed by atoms with Crippen molar-refractivity contribution < 1.29 is 19.2 Å². The van der Waals surface area contributed by atoms with Crippen molar-refractivity contribution in [3.05, 3.63) is 110 Å². The third-order valence-corrected chi connectivity index (χ3v) is 23.1. The number of rotatable bonds is 30. The van der Waals surface area contributed by atoms with Crippen LogP contribution in [-0.4, -0.2) is 67.4 Å². The van der Waals surface area contributed by atoms with E-state index in [1.807, 2.05) is 43.9 Å². The third kappa shape index (κ3) is 12.4. The summed E-state index contributed by atoms with van der Waals surface area (Å²) in [4.78, 5) is 76.9. The van der Waals surface area contributed by atoms with Crippen LogP contribution in [0.3, 0.4) is 0 Å². The van der Waals surface area contributed by atoms with Gasteiger partial charge in [0.2, 0.25) is 0 Å². The highest BCUT2D eigenvalue weighted by molar-refractivity contribution is 9.11. The first kappa shape index (κ1) is 59.9. The Balaban J connectivity index is 1.08. The summed E-state index contributed by atoms with van der Waals surface area (Å²) < 4.78 is 1.93. The predicted molar refractivity (Wildman–Crippen MR) is 343 cm³/mol. The number of carbonyl (C=O) groups excluding carboxylic acids is 4.